The van der Waals surface area contributed by atoms with Gasteiger partial charge in [-0.1, -0.05) is 18.2 Å². The van der Waals surface area contributed by atoms with Crippen molar-refractivity contribution in [1.82, 2.24) is 0 Å². The summed E-state index contributed by atoms with van der Waals surface area (Å²) in [5.41, 5.74) is 1.25. The highest BCUT2D eigenvalue weighted by atomic mass is 32.2. The highest BCUT2D eigenvalue weighted by molar-refractivity contribution is 8.19. The van der Waals surface area contributed by atoms with Crippen LogP contribution >= 0.6 is 23.5 Å². The van der Waals surface area contributed by atoms with Crippen LogP contribution in [-0.2, 0) is 4.79 Å². The molecular formula is C17H15F2NO2S2. The normalized spacial score (nSPS) is 14.6. The smallest absolute Gasteiger partial charge is 0.262 e. The predicted molar refractivity (Wildman–Crippen MR) is 94.6 cm³/mol. The summed E-state index contributed by atoms with van der Waals surface area (Å²) in [5.74, 6) is 0.479. The molecule has 0 aliphatic carbocycles. The minimum absolute atomic E-state index is 0.192. The minimum Gasteiger partial charge on any atom is -0.483 e. The Balaban J connectivity index is 1.61. The Morgan fingerprint density at radius 1 is 1.12 bits per heavy atom. The SMILES string of the molecule is O=C(COc1ccccc1C1SCCS1)Nc1ccc(F)c(F)c1. The van der Waals surface area contributed by atoms with Crippen LogP contribution in [0.3, 0.4) is 0 Å². The zero-order valence-corrected chi connectivity index (χ0v) is 14.3. The highest BCUT2D eigenvalue weighted by Crippen LogP contribution is 2.48. The molecule has 0 bridgehead atoms. The van der Waals surface area contributed by atoms with Crippen molar-refractivity contribution in [2.75, 3.05) is 23.4 Å². The van der Waals surface area contributed by atoms with E-state index in [2.05, 4.69) is 5.32 Å². The second kappa shape index (κ2) is 7.90. The molecule has 1 heterocycles. The van der Waals surface area contributed by atoms with E-state index < -0.39 is 17.5 Å². The summed E-state index contributed by atoms with van der Waals surface area (Å²) in [4.78, 5) is 12.0. The van der Waals surface area contributed by atoms with Gasteiger partial charge in [0.2, 0.25) is 0 Å². The number of hydrogen-bond acceptors (Lipinski definition) is 4. The van der Waals surface area contributed by atoms with E-state index in [9.17, 15) is 13.6 Å². The highest BCUT2D eigenvalue weighted by Gasteiger charge is 2.21. The van der Waals surface area contributed by atoms with E-state index >= 15 is 0 Å². The van der Waals surface area contributed by atoms with Gasteiger partial charge < -0.3 is 10.1 Å². The number of anilines is 1. The van der Waals surface area contributed by atoms with Crippen LogP contribution in [0, 0.1) is 11.6 Å². The lowest BCUT2D eigenvalue weighted by Crippen LogP contribution is -2.20. The first-order valence-electron chi connectivity index (χ1n) is 7.33. The molecule has 7 heteroatoms. The van der Waals surface area contributed by atoms with Crippen molar-refractivity contribution in [3.63, 3.8) is 0 Å². The third kappa shape index (κ3) is 4.21. The number of amides is 1. The zero-order valence-electron chi connectivity index (χ0n) is 12.6. The van der Waals surface area contributed by atoms with Gasteiger partial charge in [-0.3, -0.25) is 4.79 Å². The molecule has 0 spiro atoms. The molecular weight excluding hydrogens is 352 g/mol. The molecule has 1 amide bonds. The van der Waals surface area contributed by atoms with E-state index in [0.717, 1.165) is 29.2 Å². The van der Waals surface area contributed by atoms with Gasteiger partial charge in [0.1, 0.15) is 5.75 Å². The Labute approximate surface area is 147 Å². The number of ether oxygens (including phenoxy) is 1. The molecule has 2 aromatic carbocycles. The lowest BCUT2D eigenvalue weighted by Gasteiger charge is -2.15. The quantitative estimate of drug-likeness (QED) is 0.847. The van der Waals surface area contributed by atoms with Crippen molar-refractivity contribution in [2.24, 2.45) is 0 Å². The van der Waals surface area contributed by atoms with Gasteiger partial charge in [-0.2, -0.15) is 0 Å². The maximum absolute atomic E-state index is 13.1. The predicted octanol–water partition coefficient (Wildman–Crippen LogP) is 4.46. The number of carbonyl (C=O) groups excluding carboxylic acids is 1. The zero-order chi connectivity index (χ0) is 16.9. The van der Waals surface area contributed by atoms with Crippen molar-refractivity contribution >= 4 is 35.1 Å². The van der Waals surface area contributed by atoms with Gasteiger partial charge in [0.15, 0.2) is 18.2 Å². The fourth-order valence-electron chi connectivity index (χ4n) is 2.26. The molecule has 1 aliphatic rings. The van der Waals surface area contributed by atoms with E-state index in [1.54, 1.807) is 0 Å². The summed E-state index contributed by atoms with van der Waals surface area (Å²) in [5, 5.41) is 2.49. The van der Waals surface area contributed by atoms with Crippen LogP contribution in [-0.4, -0.2) is 24.0 Å². The molecule has 0 saturated carbocycles. The summed E-state index contributed by atoms with van der Waals surface area (Å²) < 4.78 is 32.0. The number of nitrogens with one attached hydrogen (secondary N) is 1. The van der Waals surface area contributed by atoms with Crippen molar-refractivity contribution in [3.05, 3.63) is 59.7 Å². The Morgan fingerprint density at radius 2 is 1.88 bits per heavy atom. The molecule has 0 aromatic heterocycles. The lowest BCUT2D eigenvalue weighted by atomic mass is 10.2. The first-order valence-corrected chi connectivity index (χ1v) is 9.43. The van der Waals surface area contributed by atoms with Crippen molar-refractivity contribution in [1.29, 1.82) is 0 Å². The molecule has 0 atom stereocenters. The van der Waals surface area contributed by atoms with E-state index in [1.807, 2.05) is 47.8 Å². The molecule has 126 valence electrons. The van der Waals surface area contributed by atoms with Crippen LogP contribution < -0.4 is 10.1 Å². The summed E-state index contributed by atoms with van der Waals surface area (Å²) in [6, 6.07) is 10.8. The van der Waals surface area contributed by atoms with Crippen molar-refractivity contribution in [3.8, 4) is 5.75 Å². The van der Waals surface area contributed by atoms with Crippen LogP contribution in [0.4, 0.5) is 14.5 Å². The molecule has 1 saturated heterocycles. The standard InChI is InChI=1S/C17H15F2NO2S2/c18-13-6-5-11(9-14(13)19)20-16(21)10-22-15-4-2-1-3-12(15)17-23-7-8-24-17/h1-6,9,17H,7-8,10H2,(H,20,21). The number of hydrogen-bond donors (Lipinski definition) is 1. The van der Waals surface area contributed by atoms with Gasteiger partial charge in [0.25, 0.3) is 5.91 Å². The van der Waals surface area contributed by atoms with Gasteiger partial charge in [-0.15, -0.1) is 23.5 Å². The van der Waals surface area contributed by atoms with E-state index in [-0.39, 0.29) is 12.3 Å². The molecule has 1 aliphatic heterocycles. The summed E-state index contributed by atoms with van der Waals surface area (Å²) in [6.45, 7) is -0.196. The molecule has 24 heavy (non-hydrogen) atoms. The summed E-state index contributed by atoms with van der Waals surface area (Å²) in [6.07, 6.45) is 0. The number of rotatable bonds is 5. The second-order valence-corrected chi connectivity index (χ2v) is 7.80. The van der Waals surface area contributed by atoms with Gasteiger partial charge >= 0.3 is 0 Å². The Hall–Kier alpha value is -1.73. The Kier molecular flexibility index (Phi) is 5.63. The van der Waals surface area contributed by atoms with Gasteiger partial charge in [-0.05, 0) is 18.2 Å². The maximum Gasteiger partial charge on any atom is 0.262 e. The molecule has 1 N–H and O–H groups in total. The topological polar surface area (TPSA) is 38.3 Å². The minimum atomic E-state index is -1.01. The molecule has 3 nitrogen and oxygen atoms in total. The number of carbonyl (C=O) groups is 1. The first kappa shape index (κ1) is 17.1. The van der Waals surface area contributed by atoms with E-state index in [4.69, 9.17) is 4.74 Å². The average molecular weight is 367 g/mol. The number of halogens is 2. The monoisotopic (exact) mass is 367 g/mol. The molecule has 1 fully saturated rings. The van der Waals surface area contributed by atoms with Crippen LogP contribution in [0.25, 0.3) is 0 Å². The number of para-hydroxylation sites is 1. The third-order valence-corrected chi connectivity index (χ3v) is 6.42. The molecule has 0 radical (unpaired) electrons. The van der Waals surface area contributed by atoms with Crippen molar-refractivity contribution in [2.45, 2.75) is 4.58 Å². The Bertz CT molecular complexity index is 736. The van der Waals surface area contributed by atoms with E-state index in [1.165, 1.54) is 6.07 Å². The largest absolute Gasteiger partial charge is 0.483 e. The molecule has 3 rings (SSSR count). The maximum atomic E-state index is 13.1. The lowest BCUT2D eigenvalue weighted by molar-refractivity contribution is -0.118. The molecule has 2 aromatic rings. The fourth-order valence-corrected chi connectivity index (χ4v) is 5.17. The van der Waals surface area contributed by atoms with Crippen LogP contribution in [0.2, 0.25) is 0 Å². The van der Waals surface area contributed by atoms with E-state index in [0.29, 0.717) is 10.3 Å². The summed E-state index contributed by atoms with van der Waals surface area (Å²) >= 11 is 3.71. The van der Waals surface area contributed by atoms with Crippen molar-refractivity contribution < 1.29 is 18.3 Å². The number of thioether (sulfide) groups is 2. The van der Waals surface area contributed by atoms with Crippen LogP contribution in [0.5, 0.6) is 5.75 Å². The average Bonchev–Trinajstić information content (AvgIpc) is 3.11. The molecule has 0 unspecified atom stereocenters. The summed E-state index contributed by atoms with van der Waals surface area (Å²) in [7, 11) is 0. The third-order valence-electron chi connectivity index (χ3n) is 3.36. The number of benzene rings is 2. The van der Waals surface area contributed by atoms with Crippen LogP contribution in [0.15, 0.2) is 42.5 Å². The second-order valence-electron chi connectivity index (χ2n) is 5.08. The van der Waals surface area contributed by atoms with Gasteiger partial charge in [-0.25, -0.2) is 8.78 Å². The first-order chi connectivity index (χ1) is 11.6. The van der Waals surface area contributed by atoms with Gasteiger partial charge in [0, 0.05) is 28.8 Å². The van der Waals surface area contributed by atoms with Crippen LogP contribution in [0.1, 0.15) is 10.1 Å². The van der Waals surface area contributed by atoms with Gasteiger partial charge in [0.05, 0.1) is 4.58 Å². The fraction of sp³-hybridized carbons (Fsp3) is 0.235. The Morgan fingerprint density at radius 3 is 2.62 bits per heavy atom.